The molecule has 0 bridgehead atoms. The molecule has 0 unspecified atom stereocenters. The van der Waals surface area contributed by atoms with Crippen LogP contribution in [0.2, 0.25) is 0 Å². The zero-order valence-corrected chi connectivity index (χ0v) is 12.0. The molecule has 1 aromatic carbocycles. The number of hydrogen-bond acceptors (Lipinski definition) is 3. The smallest absolute Gasteiger partial charge is 0.221 e. The first-order valence-electron chi connectivity index (χ1n) is 6.95. The van der Waals surface area contributed by atoms with Gasteiger partial charge in [0.25, 0.3) is 0 Å². The minimum Gasteiger partial charge on any atom is -0.367 e. The molecule has 1 aliphatic rings. The first-order chi connectivity index (χ1) is 9.08. The monoisotopic (exact) mass is 261 g/mol. The second-order valence-electron chi connectivity index (χ2n) is 5.35. The van der Waals surface area contributed by atoms with Gasteiger partial charge >= 0.3 is 0 Å². The molecule has 0 aliphatic carbocycles. The molecular formula is C15H23N3O. The Bertz CT molecular complexity index is 451. The number of rotatable bonds is 3. The van der Waals surface area contributed by atoms with E-state index < -0.39 is 0 Å². The average Bonchev–Trinajstić information content (AvgIpc) is 2.39. The summed E-state index contributed by atoms with van der Waals surface area (Å²) in [6.45, 7) is 9.83. The largest absolute Gasteiger partial charge is 0.367 e. The van der Waals surface area contributed by atoms with E-state index in [2.05, 4.69) is 47.6 Å². The van der Waals surface area contributed by atoms with Crippen LogP contribution < -0.4 is 15.5 Å². The van der Waals surface area contributed by atoms with Crippen molar-refractivity contribution < 1.29 is 4.79 Å². The van der Waals surface area contributed by atoms with Crippen LogP contribution in [0.15, 0.2) is 18.2 Å². The molecule has 0 atom stereocenters. The summed E-state index contributed by atoms with van der Waals surface area (Å²) in [5.41, 5.74) is 3.31. The number of hydrogen-bond donors (Lipinski definition) is 2. The fourth-order valence-electron chi connectivity index (χ4n) is 2.38. The lowest BCUT2D eigenvalue weighted by Crippen LogP contribution is -2.43. The van der Waals surface area contributed by atoms with Crippen LogP contribution in [-0.4, -0.2) is 32.1 Å². The van der Waals surface area contributed by atoms with Gasteiger partial charge in [-0.3, -0.25) is 4.79 Å². The predicted octanol–water partition coefficient (Wildman–Crippen LogP) is 2.18. The third-order valence-electron chi connectivity index (χ3n) is 3.46. The Morgan fingerprint density at radius 2 is 2.00 bits per heavy atom. The molecular weight excluding hydrogens is 238 g/mol. The number of piperazine rings is 1. The summed E-state index contributed by atoms with van der Waals surface area (Å²) in [7, 11) is 0. The van der Waals surface area contributed by atoms with Crippen molar-refractivity contribution in [2.45, 2.75) is 26.7 Å². The Morgan fingerprint density at radius 1 is 1.32 bits per heavy atom. The van der Waals surface area contributed by atoms with Crippen molar-refractivity contribution in [3.05, 3.63) is 23.8 Å². The molecule has 2 rings (SSSR count). The zero-order valence-electron chi connectivity index (χ0n) is 12.0. The van der Waals surface area contributed by atoms with Gasteiger partial charge in [0, 0.05) is 33.1 Å². The van der Waals surface area contributed by atoms with Gasteiger partial charge < -0.3 is 15.5 Å². The molecule has 0 saturated carbocycles. The van der Waals surface area contributed by atoms with Crippen LogP contribution in [0.5, 0.6) is 0 Å². The molecule has 1 heterocycles. The number of carbonyl (C=O) groups is 1. The molecule has 1 aliphatic heterocycles. The highest BCUT2D eigenvalue weighted by Gasteiger charge is 2.15. The quantitative estimate of drug-likeness (QED) is 0.876. The Hall–Kier alpha value is -1.55. The second-order valence-corrected chi connectivity index (χ2v) is 5.35. The minimum absolute atomic E-state index is 0.0164. The van der Waals surface area contributed by atoms with E-state index >= 15 is 0 Å². The maximum absolute atomic E-state index is 11.4. The number of anilines is 2. The number of amides is 1. The molecule has 4 heteroatoms. The summed E-state index contributed by atoms with van der Waals surface area (Å²) in [6, 6.07) is 6.39. The van der Waals surface area contributed by atoms with Gasteiger partial charge in [-0.1, -0.05) is 19.9 Å². The van der Waals surface area contributed by atoms with Crippen molar-refractivity contribution in [2.24, 2.45) is 0 Å². The molecule has 1 saturated heterocycles. The molecule has 1 fully saturated rings. The van der Waals surface area contributed by atoms with E-state index in [1.54, 1.807) is 6.92 Å². The lowest BCUT2D eigenvalue weighted by molar-refractivity contribution is -0.114. The lowest BCUT2D eigenvalue weighted by atomic mass is 10.0. The maximum atomic E-state index is 11.4. The first kappa shape index (κ1) is 13.9. The van der Waals surface area contributed by atoms with Crippen LogP contribution in [0, 0.1) is 0 Å². The molecule has 1 amide bonds. The van der Waals surface area contributed by atoms with Crippen LogP contribution in [-0.2, 0) is 4.79 Å². The Balaban J connectivity index is 2.31. The van der Waals surface area contributed by atoms with E-state index in [-0.39, 0.29) is 5.91 Å². The maximum Gasteiger partial charge on any atom is 0.221 e. The number of nitrogens with zero attached hydrogens (tertiary/aromatic N) is 1. The molecule has 0 spiro atoms. The average molecular weight is 261 g/mol. The van der Waals surface area contributed by atoms with Crippen molar-refractivity contribution in [2.75, 3.05) is 36.4 Å². The number of benzene rings is 1. The molecule has 4 nitrogen and oxygen atoms in total. The minimum atomic E-state index is -0.0164. The Kier molecular flexibility index (Phi) is 4.43. The van der Waals surface area contributed by atoms with Crippen LogP contribution in [0.3, 0.4) is 0 Å². The topological polar surface area (TPSA) is 44.4 Å². The van der Waals surface area contributed by atoms with Gasteiger partial charge in [-0.05, 0) is 23.6 Å². The van der Waals surface area contributed by atoms with Crippen molar-refractivity contribution in [1.82, 2.24) is 5.32 Å². The van der Waals surface area contributed by atoms with E-state index in [9.17, 15) is 4.79 Å². The third kappa shape index (κ3) is 3.47. The normalized spacial score (nSPS) is 15.7. The molecule has 0 radical (unpaired) electrons. The fraction of sp³-hybridized carbons (Fsp3) is 0.533. The first-order valence-corrected chi connectivity index (χ1v) is 6.95. The summed E-state index contributed by atoms with van der Waals surface area (Å²) < 4.78 is 0. The molecule has 1 aromatic rings. The van der Waals surface area contributed by atoms with Crippen molar-refractivity contribution >= 4 is 17.3 Å². The fourth-order valence-corrected chi connectivity index (χ4v) is 2.38. The van der Waals surface area contributed by atoms with Gasteiger partial charge in [0.05, 0.1) is 11.4 Å². The summed E-state index contributed by atoms with van der Waals surface area (Å²) >= 11 is 0. The molecule has 0 aromatic heterocycles. The molecule has 2 N–H and O–H groups in total. The highest BCUT2D eigenvalue weighted by atomic mass is 16.1. The van der Waals surface area contributed by atoms with E-state index in [1.807, 2.05) is 0 Å². The number of carbonyl (C=O) groups excluding carboxylic acids is 1. The summed E-state index contributed by atoms with van der Waals surface area (Å²) in [5.74, 6) is 0.446. The SMILES string of the molecule is CC(=O)Nc1cc(C(C)C)ccc1N1CCNCC1. The van der Waals surface area contributed by atoms with Gasteiger partial charge in [-0.2, -0.15) is 0 Å². The zero-order chi connectivity index (χ0) is 13.8. The van der Waals surface area contributed by atoms with E-state index in [0.29, 0.717) is 5.92 Å². The summed E-state index contributed by atoms with van der Waals surface area (Å²) in [4.78, 5) is 13.7. The summed E-state index contributed by atoms with van der Waals surface area (Å²) in [5, 5.41) is 6.31. The third-order valence-corrected chi connectivity index (χ3v) is 3.46. The summed E-state index contributed by atoms with van der Waals surface area (Å²) in [6.07, 6.45) is 0. The standard InChI is InChI=1S/C15H23N3O/c1-11(2)13-4-5-15(14(10-13)17-12(3)19)18-8-6-16-7-9-18/h4-5,10-11,16H,6-9H2,1-3H3,(H,17,19). The molecule has 104 valence electrons. The Morgan fingerprint density at radius 3 is 2.58 bits per heavy atom. The van der Waals surface area contributed by atoms with E-state index in [0.717, 1.165) is 37.6 Å². The predicted molar refractivity (Wildman–Crippen MR) is 79.9 cm³/mol. The van der Waals surface area contributed by atoms with Gasteiger partial charge in [0.2, 0.25) is 5.91 Å². The molecule has 19 heavy (non-hydrogen) atoms. The van der Waals surface area contributed by atoms with E-state index in [4.69, 9.17) is 0 Å². The second kappa shape index (κ2) is 6.06. The van der Waals surface area contributed by atoms with Crippen LogP contribution in [0.1, 0.15) is 32.3 Å². The highest BCUT2D eigenvalue weighted by Crippen LogP contribution is 2.30. The van der Waals surface area contributed by atoms with Crippen LogP contribution in [0.25, 0.3) is 0 Å². The lowest BCUT2D eigenvalue weighted by Gasteiger charge is -2.31. The van der Waals surface area contributed by atoms with E-state index in [1.165, 1.54) is 5.56 Å². The van der Waals surface area contributed by atoms with Crippen molar-refractivity contribution in [3.8, 4) is 0 Å². The van der Waals surface area contributed by atoms with Gasteiger partial charge in [-0.25, -0.2) is 0 Å². The van der Waals surface area contributed by atoms with Crippen molar-refractivity contribution in [3.63, 3.8) is 0 Å². The van der Waals surface area contributed by atoms with Crippen LogP contribution >= 0.6 is 0 Å². The number of nitrogens with one attached hydrogen (secondary N) is 2. The highest BCUT2D eigenvalue weighted by molar-refractivity contribution is 5.93. The van der Waals surface area contributed by atoms with Crippen LogP contribution in [0.4, 0.5) is 11.4 Å². The van der Waals surface area contributed by atoms with Crippen molar-refractivity contribution in [1.29, 1.82) is 0 Å². The van der Waals surface area contributed by atoms with Gasteiger partial charge in [-0.15, -0.1) is 0 Å². The van der Waals surface area contributed by atoms with Gasteiger partial charge in [0.1, 0.15) is 0 Å². The van der Waals surface area contributed by atoms with Gasteiger partial charge in [0.15, 0.2) is 0 Å². The Labute approximate surface area is 115 Å².